The molecule has 1 rings (SSSR count). The van der Waals surface area contributed by atoms with Crippen molar-refractivity contribution in [3.05, 3.63) is 0 Å². The van der Waals surface area contributed by atoms with Gasteiger partial charge < -0.3 is 10.1 Å². The SMILES string of the molecule is CC(C)(C#N)CCOC1CCNCC1. The monoisotopic (exact) mass is 196 g/mol. The highest BCUT2D eigenvalue weighted by Gasteiger charge is 2.18. The van der Waals surface area contributed by atoms with Crippen molar-refractivity contribution in [3.63, 3.8) is 0 Å². The van der Waals surface area contributed by atoms with Crippen molar-refractivity contribution in [1.82, 2.24) is 5.32 Å². The zero-order chi connectivity index (χ0) is 10.4. The molecule has 1 aliphatic rings. The molecule has 80 valence electrons. The number of piperidine rings is 1. The summed E-state index contributed by atoms with van der Waals surface area (Å²) < 4.78 is 5.73. The van der Waals surface area contributed by atoms with Gasteiger partial charge in [0, 0.05) is 6.61 Å². The average Bonchev–Trinajstić information content (AvgIpc) is 2.19. The maximum Gasteiger partial charge on any atom is 0.0684 e. The summed E-state index contributed by atoms with van der Waals surface area (Å²) in [5.41, 5.74) is -0.243. The molecule has 0 saturated carbocycles. The fourth-order valence-corrected chi connectivity index (χ4v) is 1.50. The Kier molecular flexibility index (Phi) is 4.37. The molecule has 0 bridgehead atoms. The normalized spacial score (nSPS) is 19.2. The van der Waals surface area contributed by atoms with Crippen molar-refractivity contribution in [2.75, 3.05) is 19.7 Å². The Morgan fingerprint density at radius 1 is 1.43 bits per heavy atom. The summed E-state index contributed by atoms with van der Waals surface area (Å²) in [6, 6.07) is 2.29. The lowest BCUT2D eigenvalue weighted by Gasteiger charge is -2.24. The number of hydrogen-bond donors (Lipinski definition) is 1. The Labute approximate surface area is 86.4 Å². The van der Waals surface area contributed by atoms with Gasteiger partial charge in [-0.1, -0.05) is 0 Å². The zero-order valence-electron chi connectivity index (χ0n) is 9.18. The van der Waals surface area contributed by atoms with Gasteiger partial charge in [-0.3, -0.25) is 0 Å². The molecular formula is C11H20N2O. The van der Waals surface area contributed by atoms with Crippen molar-refractivity contribution < 1.29 is 4.74 Å². The van der Waals surface area contributed by atoms with Crippen LogP contribution in [0.4, 0.5) is 0 Å². The van der Waals surface area contributed by atoms with E-state index >= 15 is 0 Å². The van der Waals surface area contributed by atoms with E-state index in [1.807, 2.05) is 13.8 Å². The van der Waals surface area contributed by atoms with Crippen LogP contribution in [0, 0.1) is 16.7 Å². The van der Waals surface area contributed by atoms with E-state index in [2.05, 4.69) is 11.4 Å². The third-order valence-corrected chi connectivity index (χ3v) is 2.67. The van der Waals surface area contributed by atoms with Gasteiger partial charge in [0.15, 0.2) is 0 Å². The summed E-state index contributed by atoms with van der Waals surface area (Å²) in [4.78, 5) is 0. The first-order valence-corrected chi connectivity index (χ1v) is 5.38. The lowest BCUT2D eigenvalue weighted by atomic mass is 9.92. The number of ether oxygens (including phenoxy) is 1. The van der Waals surface area contributed by atoms with Crippen LogP contribution in [-0.4, -0.2) is 25.8 Å². The molecule has 0 radical (unpaired) electrons. The average molecular weight is 196 g/mol. The van der Waals surface area contributed by atoms with Crippen molar-refractivity contribution in [2.45, 2.75) is 39.2 Å². The van der Waals surface area contributed by atoms with Gasteiger partial charge in [0.1, 0.15) is 0 Å². The van der Waals surface area contributed by atoms with E-state index in [0.717, 1.165) is 32.4 Å². The predicted molar refractivity (Wildman–Crippen MR) is 55.9 cm³/mol. The molecule has 1 N–H and O–H groups in total. The molecular weight excluding hydrogens is 176 g/mol. The van der Waals surface area contributed by atoms with Gasteiger partial charge in [0.2, 0.25) is 0 Å². The first-order valence-electron chi connectivity index (χ1n) is 5.38. The largest absolute Gasteiger partial charge is 0.378 e. The van der Waals surface area contributed by atoms with Crippen LogP contribution in [0.25, 0.3) is 0 Å². The van der Waals surface area contributed by atoms with Gasteiger partial charge in [0.05, 0.1) is 17.6 Å². The van der Waals surface area contributed by atoms with E-state index in [-0.39, 0.29) is 5.41 Å². The molecule has 0 unspecified atom stereocenters. The molecule has 0 spiro atoms. The van der Waals surface area contributed by atoms with Gasteiger partial charge in [0.25, 0.3) is 0 Å². The molecule has 0 aromatic rings. The fraction of sp³-hybridized carbons (Fsp3) is 0.909. The maximum atomic E-state index is 8.82. The summed E-state index contributed by atoms with van der Waals surface area (Å²) in [5, 5.41) is 12.1. The fourth-order valence-electron chi connectivity index (χ4n) is 1.50. The topological polar surface area (TPSA) is 45.0 Å². The number of hydrogen-bond acceptors (Lipinski definition) is 3. The summed E-state index contributed by atoms with van der Waals surface area (Å²) >= 11 is 0. The van der Waals surface area contributed by atoms with E-state index in [1.165, 1.54) is 0 Å². The molecule has 1 heterocycles. The highest BCUT2D eigenvalue weighted by molar-refractivity contribution is 4.91. The van der Waals surface area contributed by atoms with Crippen LogP contribution in [0.1, 0.15) is 33.1 Å². The molecule has 0 aliphatic carbocycles. The van der Waals surface area contributed by atoms with E-state index < -0.39 is 0 Å². The predicted octanol–water partition coefficient (Wildman–Crippen LogP) is 1.69. The van der Waals surface area contributed by atoms with Gasteiger partial charge in [-0.2, -0.15) is 5.26 Å². The molecule has 1 saturated heterocycles. The zero-order valence-corrected chi connectivity index (χ0v) is 9.18. The highest BCUT2D eigenvalue weighted by atomic mass is 16.5. The quantitative estimate of drug-likeness (QED) is 0.744. The van der Waals surface area contributed by atoms with Crippen LogP contribution in [-0.2, 0) is 4.74 Å². The Hall–Kier alpha value is -0.590. The molecule has 0 aromatic heterocycles. The van der Waals surface area contributed by atoms with Crippen LogP contribution in [0.15, 0.2) is 0 Å². The number of nitrogens with zero attached hydrogens (tertiary/aromatic N) is 1. The van der Waals surface area contributed by atoms with E-state index in [9.17, 15) is 0 Å². The Bertz CT molecular complexity index is 202. The van der Waals surface area contributed by atoms with E-state index in [0.29, 0.717) is 12.7 Å². The summed E-state index contributed by atoms with van der Waals surface area (Å²) in [6.07, 6.45) is 3.44. The molecule has 0 aromatic carbocycles. The third-order valence-electron chi connectivity index (χ3n) is 2.67. The van der Waals surface area contributed by atoms with Crippen molar-refractivity contribution >= 4 is 0 Å². The lowest BCUT2D eigenvalue weighted by molar-refractivity contribution is 0.0230. The Morgan fingerprint density at radius 3 is 2.64 bits per heavy atom. The van der Waals surface area contributed by atoms with Crippen LogP contribution >= 0.6 is 0 Å². The van der Waals surface area contributed by atoms with Crippen LogP contribution in [0.2, 0.25) is 0 Å². The smallest absolute Gasteiger partial charge is 0.0684 e. The van der Waals surface area contributed by atoms with Crippen LogP contribution < -0.4 is 5.32 Å². The molecule has 3 heteroatoms. The van der Waals surface area contributed by atoms with Gasteiger partial charge in [-0.25, -0.2) is 0 Å². The highest BCUT2D eigenvalue weighted by Crippen LogP contribution is 2.19. The first kappa shape index (κ1) is 11.5. The van der Waals surface area contributed by atoms with Crippen molar-refractivity contribution in [2.24, 2.45) is 5.41 Å². The summed E-state index contributed by atoms with van der Waals surface area (Å²) in [7, 11) is 0. The Balaban J connectivity index is 2.12. The van der Waals surface area contributed by atoms with E-state index in [4.69, 9.17) is 10.00 Å². The second-order valence-electron chi connectivity index (χ2n) is 4.57. The molecule has 0 amide bonds. The molecule has 0 atom stereocenters. The first-order chi connectivity index (χ1) is 6.64. The minimum Gasteiger partial charge on any atom is -0.378 e. The number of rotatable bonds is 4. The van der Waals surface area contributed by atoms with Crippen LogP contribution in [0.3, 0.4) is 0 Å². The van der Waals surface area contributed by atoms with Gasteiger partial charge in [-0.15, -0.1) is 0 Å². The van der Waals surface area contributed by atoms with Crippen LogP contribution in [0.5, 0.6) is 0 Å². The molecule has 1 fully saturated rings. The second-order valence-corrected chi connectivity index (χ2v) is 4.57. The van der Waals surface area contributed by atoms with Gasteiger partial charge in [-0.05, 0) is 46.2 Å². The van der Waals surface area contributed by atoms with Crippen molar-refractivity contribution in [3.8, 4) is 6.07 Å². The molecule has 3 nitrogen and oxygen atoms in total. The molecule has 14 heavy (non-hydrogen) atoms. The van der Waals surface area contributed by atoms with Gasteiger partial charge >= 0.3 is 0 Å². The number of nitriles is 1. The summed E-state index contributed by atoms with van der Waals surface area (Å²) in [6.45, 7) is 6.75. The standard InChI is InChI=1S/C11H20N2O/c1-11(2,9-12)5-8-14-10-3-6-13-7-4-10/h10,13H,3-8H2,1-2H3. The van der Waals surface area contributed by atoms with E-state index in [1.54, 1.807) is 0 Å². The molecule has 1 aliphatic heterocycles. The second kappa shape index (κ2) is 5.33. The number of nitrogens with one attached hydrogen (secondary N) is 1. The van der Waals surface area contributed by atoms with Crippen molar-refractivity contribution in [1.29, 1.82) is 5.26 Å². The maximum absolute atomic E-state index is 8.82. The Morgan fingerprint density at radius 2 is 2.07 bits per heavy atom. The lowest BCUT2D eigenvalue weighted by Crippen LogP contribution is -2.33. The minimum absolute atomic E-state index is 0.243. The third kappa shape index (κ3) is 4.08. The summed E-state index contributed by atoms with van der Waals surface area (Å²) in [5.74, 6) is 0. The minimum atomic E-state index is -0.243.